The molecule has 26 heavy (non-hydrogen) atoms. The van der Waals surface area contributed by atoms with Crippen molar-refractivity contribution in [1.82, 2.24) is 9.80 Å². The molecule has 1 aromatic rings. The SMILES string of the molecule is C[C@@H]1C(=O)N(C(=O)C2CCC2)[C@H]2CCN(C(=O)OCc3ccccc3)[C@H]12. The summed E-state index contributed by atoms with van der Waals surface area (Å²) in [5.74, 6) is -0.558. The highest BCUT2D eigenvalue weighted by Gasteiger charge is 2.56. The van der Waals surface area contributed by atoms with E-state index in [0.29, 0.717) is 13.0 Å². The third-order valence-corrected chi connectivity index (χ3v) is 6.02. The molecule has 2 aliphatic heterocycles. The van der Waals surface area contributed by atoms with Gasteiger partial charge in [0.2, 0.25) is 11.8 Å². The number of nitrogens with zero attached hydrogens (tertiary/aromatic N) is 2. The topological polar surface area (TPSA) is 66.9 Å². The molecular weight excluding hydrogens is 332 g/mol. The minimum Gasteiger partial charge on any atom is -0.445 e. The number of imide groups is 1. The Kier molecular flexibility index (Phi) is 4.42. The van der Waals surface area contributed by atoms with Gasteiger partial charge in [-0.3, -0.25) is 14.5 Å². The summed E-state index contributed by atoms with van der Waals surface area (Å²) in [5, 5.41) is 0. The number of likely N-dealkylation sites (tertiary alicyclic amines) is 2. The highest BCUT2D eigenvalue weighted by molar-refractivity contribution is 6.00. The van der Waals surface area contributed by atoms with E-state index in [2.05, 4.69) is 0 Å². The van der Waals surface area contributed by atoms with E-state index in [1.807, 2.05) is 37.3 Å². The van der Waals surface area contributed by atoms with Crippen LogP contribution in [0.4, 0.5) is 4.79 Å². The summed E-state index contributed by atoms with van der Waals surface area (Å²) in [7, 11) is 0. The van der Waals surface area contributed by atoms with Crippen LogP contribution in [0.25, 0.3) is 0 Å². The van der Waals surface area contributed by atoms with Crippen LogP contribution in [0.3, 0.4) is 0 Å². The third-order valence-electron chi connectivity index (χ3n) is 6.02. The van der Waals surface area contributed by atoms with Crippen LogP contribution in [0.5, 0.6) is 0 Å². The monoisotopic (exact) mass is 356 g/mol. The minimum absolute atomic E-state index is 0.0102. The lowest BCUT2D eigenvalue weighted by molar-refractivity contribution is -0.149. The lowest BCUT2D eigenvalue weighted by Crippen LogP contribution is -2.46. The van der Waals surface area contributed by atoms with Crippen molar-refractivity contribution in [2.75, 3.05) is 6.54 Å². The van der Waals surface area contributed by atoms with E-state index in [1.54, 1.807) is 4.90 Å². The summed E-state index contributed by atoms with van der Waals surface area (Å²) < 4.78 is 5.45. The van der Waals surface area contributed by atoms with Crippen molar-refractivity contribution in [2.24, 2.45) is 11.8 Å². The molecule has 0 N–H and O–H groups in total. The van der Waals surface area contributed by atoms with E-state index in [-0.39, 0.29) is 42.3 Å². The fourth-order valence-corrected chi connectivity index (χ4v) is 4.35. The van der Waals surface area contributed by atoms with E-state index in [4.69, 9.17) is 4.74 Å². The number of hydrogen-bond donors (Lipinski definition) is 0. The molecule has 0 unspecified atom stereocenters. The second-order valence-electron chi connectivity index (χ2n) is 7.54. The van der Waals surface area contributed by atoms with Gasteiger partial charge < -0.3 is 9.64 Å². The Morgan fingerprint density at radius 3 is 2.54 bits per heavy atom. The first kappa shape index (κ1) is 17.1. The summed E-state index contributed by atoms with van der Waals surface area (Å²) in [5.41, 5.74) is 0.925. The molecule has 0 aromatic heterocycles. The van der Waals surface area contributed by atoms with Crippen LogP contribution < -0.4 is 0 Å². The molecule has 3 aliphatic rings. The summed E-state index contributed by atoms with van der Waals surface area (Å²) >= 11 is 0. The van der Waals surface area contributed by atoms with Crippen molar-refractivity contribution >= 4 is 17.9 Å². The first-order valence-electron chi connectivity index (χ1n) is 9.42. The van der Waals surface area contributed by atoms with E-state index < -0.39 is 6.09 Å². The van der Waals surface area contributed by atoms with Crippen LogP contribution in [0, 0.1) is 11.8 Å². The van der Waals surface area contributed by atoms with Crippen molar-refractivity contribution < 1.29 is 19.1 Å². The Hall–Kier alpha value is -2.37. The summed E-state index contributed by atoms with van der Waals surface area (Å²) in [6, 6.07) is 9.05. The molecule has 138 valence electrons. The maximum absolute atomic E-state index is 12.7. The van der Waals surface area contributed by atoms with Crippen molar-refractivity contribution in [3.05, 3.63) is 35.9 Å². The van der Waals surface area contributed by atoms with Crippen LogP contribution in [0.2, 0.25) is 0 Å². The van der Waals surface area contributed by atoms with Gasteiger partial charge in [0.1, 0.15) is 6.61 Å². The smallest absolute Gasteiger partial charge is 0.410 e. The number of carbonyl (C=O) groups excluding carboxylic acids is 3. The Balaban J connectivity index is 1.44. The number of hydrogen-bond acceptors (Lipinski definition) is 4. The van der Waals surface area contributed by atoms with Crippen molar-refractivity contribution in [3.8, 4) is 0 Å². The minimum atomic E-state index is -0.404. The van der Waals surface area contributed by atoms with Gasteiger partial charge in [-0.1, -0.05) is 43.7 Å². The van der Waals surface area contributed by atoms with Crippen LogP contribution in [0.15, 0.2) is 30.3 Å². The molecule has 3 amide bonds. The second kappa shape index (κ2) is 6.74. The summed E-state index contributed by atoms with van der Waals surface area (Å²) in [6.07, 6.45) is 3.03. The molecule has 0 bridgehead atoms. The standard InChI is InChI=1S/C20H24N2O4/c1-13-17-16(22(18(13)23)19(24)15-8-5-9-15)10-11-21(17)20(25)26-12-14-6-3-2-4-7-14/h2-4,6-7,13,15-17H,5,8-12H2,1H3/t13-,16-,17+/m0/s1. The predicted octanol–water partition coefficient (Wildman–Crippen LogP) is 2.57. The molecular formula is C20H24N2O4. The maximum Gasteiger partial charge on any atom is 0.410 e. The molecule has 0 radical (unpaired) electrons. The maximum atomic E-state index is 12.7. The van der Waals surface area contributed by atoms with Gasteiger partial charge in [0.25, 0.3) is 0 Å². The molecule has 4 rings (SSSR count). The highest BCUT2D eigenvalue weighted by Crippen LogP contribution is 2.39. The fraction of sp³-hybridized carbons (Fsp3) is 0.550. The van der Waals surface area contributed by atoms with Crippen molar-refractivity contribution in [2.45, 2.75) is 51.3 Å². The van der Waals surface area contributed by atoms with Gasteiger partial charge in [-0.25, -0.2) is 4.79 Å². The predicted molar refractivity (Wildman–Crippen MR) is 93.9 cm³/mol. The van der Waals surface area contributed by atoms with Crippen LogP contribution in [-0.2, 0) is 20.9 Å². The Morgan fingerprint density at radius 1 is 1.15 bits per heavy atom. The van der Waals surface area contributed by atoms with E-state index in [9.17, 15) is 14.4 Å². The lowest BCUT2D eigenvalue weighted by Gasteiger charge is -2.31. The number of carbonyl (C=O) groups is 3. The number of benzene rings is 1. The Bertz CT molecular complexity index is 716. The number of fused-ring (bicyclic) bond motifs is 1. The van der Waals surface area contributed by atoms with E-state index in [0.717, 1.165) is 24.8 Å². The normalized spacial score (nSPS) is 28.0. The number of amides is 3. The summed E-state index contributed by atoms with van der Waals surface area (Å²) in [6.45, 7) is 2.55. The van der Waals surface area contributed by atoms with E-state index >= 15 is 0 Å². The summed E-state index contributed by atoms with van der Waals surface area (Å²) in [4.78, 5) is 41.0. The average Bonchev–Trinajstić information content (AvgIpc) is 3.12. The zero-order valence-corrected chi connectivity index (χ0v) is 15.0. The molecule has 3 fully saturated rings. The molecule has 2 heterocycles. The first-order chi connectivity index (χ1) is 12.6. The molecule has 6 nitrogen and oxygen atoms in total. The van der Waals surface area contributed by atoms with Gasteiger partial charge in [0.05, 0.1) is 18.0 Å². The molecule has 0 spiro atoms. The lowest BCUT2D eigenvalue weighted by atomic mass is 9.84. The van der Waals surface area contributed by atoms with Gasteiger partial charge in [-0.15, -0.1) is 0 Å². The molecule has 1 aliphatic carbocycles. The average molecular weight is 356 g/mol. The van der Waals surface area contributed by atoms with Gasteiger partial charge in [-0.2, -0.15) is 0 Å². The fourth-order valence-electron chi connectivity index (χ4n) is 4.35. The first-order valence-corrected chi connectivity index (χ1v) is 9.42. The van der Waals surface area contributed by atoms with Crippen LogP contribution in [-0.4, -0.2) is 46.3 Å². The quantitative estimate of drug-likeness (QED) is 0.781. The second-order valence-corrected chi connectivity index (χ2v) is 7.54. The molecule has 1 aromatic carbocycles. The van der Waals surface area contributed by atoms with Gasteiger partial charge in [0.15, 0.2) is 0 Å². The van der Waals surface area contributed by atoms with Gasteiger partial charge in [-0.05, 0) is 24.8 Å². The van der Waals surface area contributed by atoms with Crippen LogP contribution >= 0.6 is 0 Å². The van der Waals surface area contributed by atoms with Gasteiger partial charge in [0, 0.05) is 12.5 Å². The molecule has 1 saturated carbocycles. The van der Waals surface area contributed by atoms with Crippen LogP contribution in [0.1, 0.15) is 38.2 Å². The number of ether oxygens (including phenoxy) is 1. The largest absolute Gasteiger partial charge is 0.445 e. The number of rotatable bonds is 3. The Labute approximate surface area is 153 Å². The Morgan fingerprint density at radius 2 is 1.88 bits per heavy atom. The highest BCUT2D eigenvalue weighted by atomic mass is 16.6. The molecule has 2 saturated heterocycles. The zero-order chi connectivity index (χ0) is 18.3. The molecule has 3 atom stereocenters. The zero-order valence-electron chi connectivity index (χ0n) is 15.0. The van der Waals surface area contributed by atoms with Gasteiger partial charge >= 0.3 is 6.09 Å². The van der Waals surface area contributed by atoms with E-state index in [1.165, 1.54) is 4.90 Å². The third kappa shape index (κ3) is 2.77. The van der Waals surface area contributed by atoms with Crippen molar-refractivity contribution in [1.29, 1.82) is 0 Å². The molecule has 6 heteroatoms. The van der Waals surface area contributed by atoms with Crippen molar-refractivity contribution in [3.63, 3.8) is 0 Å².